The Kier molecular flexibility index (Phi) is 3.56. The highest BCUT2D eigenvalue weighted by atomic mass is 19.1. The Balaban J connectivity index is 1.78. The second-order valence-corrected chi connectivity index (χ2v) is 5.06. The van der Waals surface area contributed by atoms with Gasteiger partial charge in [-0.05, 0) is 28.8 Å². The number of carbonyl (C=O) groups excluding carboxylic acids is 2. The van der Waals surface area contributed by atoms with Crippen molar-refractivity contribution in [2.45, 2.75) is 6.42 Å². The van der Waals surface area contributed by atoms with Gasteiger partial charge in [0, 0.05) is 18.1 Å². The molecule has 0 aliphatic carbocycles. The van der Waals surface area contributed by atoms with Crippen LogP contribution in [-0.4, -0.2) is 16.8 Å². The SMILES string of the molecule is NN1C(=O)C=C(Cc2ccc(-c3ccc(F)cc3)cc2)C1=O. The molecule has 2 amide bonds. The third-order valence-electron chi connectivity index (χ3n) is 3.55. The fraction of sp³-hybridized carbons (Fsp3) is 0.0588. The fourth-order valence-electron chi connectivity index (χ4n) is 2.34. The summed E-state index contributed by atoms with van der Waals surface area (Å²) in [6.07, 6.45) is 1.61. The number of carbonyl (C=O) groups is 2. The molecule has 5 heteroatoms. The lowest BCUT2D eigenvalue weighted by atomic mass is 10.0. The highest BCUT2D eigenvalue weighted by Crippen LogP contribution is 2.22. The maximum atomic E-state index is 12.9. The molecule has 0 bridgehead atoms. The summed E-state index contributed by atoms with van der Waals surface area (Å²) in [5.41, 5.74) is 3.13. The van der Waals surface area contributed by atoms with Crippen molar-refractivity contribution in [2.75, 3.05) is 0 Å². The van der Waals surface area contributed by atoms with Crippen LogP contribution in [0.3, 0.4) is 0 Å². The second kappa shape index (κ2) is 5.54. The van der Waals surface area contributed by atoms with Crippen LogP contribution in [0.1, 0.15) is 5.56 Å². The number of nitrogens with two attached hydrogens (primary N) is 1. The van der Waals surface area contributed by atoms with Crippen LogP contribution in [0.25, 0.3) is 11.1 Å². The van der Waals surface area contributed by atoms with Crippen molar-refractivity contribution in [3.05, 3.63) is 71.6 Å². The van der Waals surface area contributed by atoms with E-state index in [-0.39, 0.29) is 5.82 Å². The third-order valence-corrected chi connectivity index (χ3v) is 3.55. The molecule has 0 unspecified atom stereocenters. The minimum Gasteiger partial charge on any atom is -0.268 e. The maximum Gasteiger partial charge on any atom is 0.271 e. The number of halogens is 1. The van der Waals surface area contributed by atoms with Crippen molar-refractivity contribution in [3.63, 3.8) is 0 Å². The zero-order chi connectivity index (χ0) is 15.7. The van der Waals surface area contributed by atoms with E-state index in [9.17, 15) is 14.0 Å². The van der Waals surface area contributed by atoms with E-state index >= 15 is 0 Å². The molecule has 0 aromatic heterocycles. The van der Waals surface area contributed by atoms with Crippen LogP contribution in [0, 0.1) is 5.82 Å². The number of benzene rings is 2. The molecule has 0 spiro atoms. The van der Waals surface area contributed by atoms with Crippen molar-refractivity contribution >= 4 is 11.8 Å². The Morgan fingerprint density at radius 3 is 1.95 bits per heavy atom. The van der Waals surface area contributed by atoms with Crippen molar-refractivity contribution < 1.29 is 14.0 Å². The van der Waals surface area contributed by atoms with Crippen LogP contribution in [0.4, 0.5) is 4.39 Å². The Morgan fingerprint density at radius 1 is 0.909 bits per heavy atom. The van der Waals surface area contributed by atoms with Gasteiger partial charge < -0.3 is 0 Å². The number of rotatable bonds is 3. The Bertz CT molecular complexity index is 764. The Hall–Kier alpha value is -2.79. The lowest BCUT2D eigenvalue weighted by Crippen LogP contribution is -2.37. The predicted molar refractivity (Wildman–Crippen MR) is 79.7 cm³/mol. The van der Waals surface area contributed by atoms with Gasteiger partial charge >= 0.3 is 0 Å². The van der Waals surface area contributed by atoms with Crippen LogP contribution < -0.4 is 5.84 Å². The minimum atomic E-state index is -0.497. The first kappa shape index (κ1) is 14.2. The Labute approximate surface area is 126 Å². The monoisotopic (exact) mass is 296 g/mol. The van der Waals surface area contributed by atoms with Gasteiger partial charge in [0.15, 0.2) is 0 Å². The molecule has 4 nitrogen and oxygen atoms in total. The summed E-state index contributed by atoms with van der Waals surface area (Å²) in [6, 6.07) is 13.8. The normalized spacial score (nSPS) is 14.5. The van der Waals surface area contributed by atoms with Crippen LogP contribution in [0.2, 0.25) is 0 Å². The average Bonchev–Trinajstić information content (AvgIpc) is 2.76. The van der Waals surface area contributed by atoms with E-state index in [1.807, 2.05) is 24.3 Å². The van der Waals surface area contributed by atoms with Gasteiger partial charge in [-0.15, -0.1) is 0 Å². The molecule has 22 heavy (non-hydrogen) atoms. The topological polar surface area (TPSA) is 63.4 Å². The van der Waals surface area contributed by atoms with Crippen molar-refractivity contribution in [2.24, 2.45) is 5.84 Å². The van der Waals surface area contributed by atoms with Crippen LogP contribution in [0.5, 0.6) is 0 Å². The number of imide groups is 1. The van der Waals surface area contributed by atoms with Crippen molar-refractivity contribution in [1.29, 1.82) is 0 Å². The fourth-order valence-corrected chi connectivity index (χ4v) is 2.34. The molecule has 1 aliphatic heterocycles. The molecule has 110 valence electrons. The molecule has 2 aromatic rings. The van der Waals surface area contributed by atoms with Gasteiger partial charge in [0.05, 0.1) is 0 Å². The van der Waals surface area contributed by atoms with Gasteiger partial charge in [-0.1, -0.05) is 36.4 Å². The van der Waals surface area contributed by atoms with E-state index in [1.165, 1.54) is 18.2 Å². The first-order valence-electron chi connectivity index (χ1n) is 6.73. The zero-order valence-corrected chi connectivity index (χ0v) is 11.6. The second-order valence-electron chi connectivity index (χ2n) is 5.06. The smallest absolute Gasteiger partial charge is 0.268 e. The number of hydrogen-bond acceptors (Lipinski definition) is 3. The average molecular weight is 296 g/mol. The first-order chi connectivity index (χ1) is 10.5. The largest absolute Gasteiger partial charge is 0.271 e. The highest BCUT2D eigenvalue weighted by molar-refractivity contribution is 6.15. The number of hydrogen-bond donors (Lipinski definition) is 1. The van der Waals surface area contributed by atoms with Gasteiger partial charge in [-0.2, -0.15) is 0 Å². The number of nitrogens with zero attached hydrogens (tertiary/aromatic N) is 1. The molecule has 3 rings (SSSR count). The molecule has 0 radical (unpaired) electrons. The van der Waals surface area contributed by atoms with E-state index in [0.717, 1.165) is 16.7 Å². The first-order valence-corrected chi connectivity index (χ1v) is 6.73. The van der Waals surface area contributed by atoms with Gasteiger partial charge in [-0.25, -0.2) is 15.2 Å². The third kappa shape index (κ3) is 2.66. The Morgan fingerprint density at radius 2 is 1.45 bits per heavy atom. The predicted octanol–water partition coefficient (Wildman–Crippen LogP) is 2.20. The molecular formula is C17H13FN2O2. The standard InChI is InChI=1S/C17H13FN2O2/c18-15-7-5-13(6-8-15)12-3-1-11(2-4-12)9-14-10-16(21)20(19)17(14)22/h1-8,10H,9,19H2. The van der Waals surface area contributed by atoms with Crippen LogP contribution >= 0.6 is 0 Å². The molecule has 0 fully saturated rings. The molecule has 0 saturated heterocycles. The highest BCUT2D eigenvalue weighted by Gasteiger charge is 2.28. The van der Waals surface area contributed by atoms with E-state index < -0.39 is 11.8 Å². The van der Waals surface area contributed by atoms with E-state index in [0.29, 0.717) is 17.0 Å². The zero-order valence-electron chi connectivity index (χ0n) is 11.6. The minimum absolute atomic E-state index is 0.275. The molecule has 0 atom stereocenters. The summed E-state index contributed by atoms with van der Waals surface area (Å²) in [5.74, 6) is 4.09. The molecule has 1 heterocycles. The number of amides is 2. The van der Waals surface area contributed by atoms with Crippen molar-refractivity contribution in [1.82, 2.24) is 5.01 Å². The lowest BCUT2D eigenvalue weighted by Gasteiger charge is -2.07. The summed E-state index contributed by atoms with van der Waals surface area (Å²) in [4.78, 5) is 23.0. The number of hydrazine groups is 1. The van der Waals surface area contributed by atoms with Gasteiger partial charge in [0.2, 0.25) is 0 Å². The summed E-state index contributed by atoms with van der Waals surface area (Å²) < 4.78 is 12.9. The molecule has 1 aliphatic rings. The molecule has 2 aromatic carbocycles. The lowest BCUT2D eigenvalue weighted by molar-refractivity contribution is -0.137. The molecule has 2 N–H and O–H groups in total. The van der Waals surface area contributed by atoms with Crippen LogP contribution in [-0.2, 0) is 16.0 Å². The van der Waals surface area contributed by atoms with Crippen molar-refractivity contribution in [3.8, 4) is 11.1 Å². The summed E-state index contributed by atoms with van der Waals surface area (Å²) >= 11 is 0. The van der Waals surface area contributed by atoms with Gasteiger partial charge in [-0.3, -0.25) is 9.59 Å². The van der Waals surface area contributed by atoms with Gasteiger partial charge in [0.1, 0.15) is 5.82 Å². The maximum absolute atomic E-state index is 12.9. The van der Waals surface area contributed by atoms with E-state index in [4.69, 9.17) is 5.84 Å². The summed E-state index contributed by atoms with van der Waals surface area (Å²) in [7, 11) is 0. The van der Waals surface area contributed by atoms with Crippen LogP contribution in [0.15, 0.2) is 60.2 Å². The van der Waals surface area contributed by atoms with Gasteiger partial charge in [0.25, 0.3) is 11.8 Å². The summed E-state index contributed by atoms with van der Waals surface area (Å²) in [5, 5.41) is 0.613. The van der Waals surface area contributed by atoms with E-state index in [1.54, 1.807) is 12.1 Å². The quantitative estimate of drug-likeness (QED) is 0.536. The summed E-state index contributed by atoms with van der Waals surface area (Å²) in [6.45, 7) is 0. The van der Waals surface area contributed by atoms with E-state index in [2.05, 4.69) is 0 Å². The molecule has 0 saturated carbocycles. The molecular weight excluding hydrogens is 283 g/mol.